The fourth-order valence-electron chi connectivity index (χ4n) is 2.99. The van der Waals surface area contributed by atoms with E-state index < -0.39 is 17.2 Å². The van der Waals surface area contributed by atoms with Crippen LogP contribution in [0.15, 0.2) is 16.7 Å². The van der Waals surface area contributed by atoms with Crippen molar-refractivity contribution in [3.8, 4) is 0 Å². The van der Waals surface area contributed by atoms with Crippen LogP contribution in [-0.2, 0) is 4.74 Å². The molecule has 1 aromatic heterocycles. The van der Waals surface area contributed by atoms with Crippen molar-refractivity contribution >= 4 is 32.9 Å². The number of fused-ring (bicyclic) bond motifs is 1. The van der Waals surface area contributed by atoms with Gasteiger partial charge in [-0.25, -0.2) is 13.6 Å². The van der Waals surface area contributed by atoms with Crippen LogP contribution in [0, 0.1) is 11.6 Å². The zero-order valence-electron chi connectivity index (χ0n) is 14.4. The monoisotopic (exact) mass is 415 g/mol. The van der Waals surface area contributed by atoms with E-state index >= 15 is 0 Å². The van der Waals surface area contributed by atoms with Gasteiger partial charge in [0, 0.05) is 24.5 Å². The molecule has 3 rings (SSSR count). The van der Waals surface area contributed by atoms with Crippen molar-refractivity contribution in [2.24, 2.45) is 0 Å². The second-order valence-electron chi connectivity index (χ2n) is 7.22. The lowest BCUT2D eigenvalue weighted by Crippen LogP contribution is -2.42. The first-order valence-electron chi connectivity index (χ1n) is 8.16. The molecule has 1 amide bonds. The van der Waals surface area contributed by atoms with Crippen molar-refractivity contribution in [3.63, 3.8) is 0 Å². The van der Waals surface area contributed by atoms with Gasteiger partial charge in [0.1, 0.15) is 10.2 Å². The van der Waals surface area contributed by atoms with Gasteiger partial charge in [-0.2, -0.15) is 5.10 Å². The first-order valence-corrected chi connectivity index (χ1v) is 8.95. The number of rotatable bonds is 1. The predicted molar refractivity (Wildman–Crippen MR) is 93.4 cm³/mol. The summed E-state index contributed by atoms with van der Waals surface area (Å²) in [6.07, 6.45) is 1.01. The lowest BCUT2D eigenvalue weighted by molar-refractivity contribution is 0.0186. The average Bonchev–Trinajstić information content (AvgIpc) is 2.83. The summed E-state index contributed by atoms with van der Waals surface area (Å²) in [7, 11) is 0. The van der Waals surface area contributed by atoms with Crippen LogP contribution in [0.3, 0.4) is 0 Å². The Hall–Kier alpha value is -1.70. The largest absolute Gasteiger partial charge is 0.444 e. The SMILES string of the molecule is CC(C)(C)OC(=O)N1CCC(n2nc(Br)c3cc(F)c(F)cc32)CC1. The Kier molecular flexibility index (Phi) is 4.74. The molecule has 1 aliphatic heterocycles. The summed E-state index contributed by atoms with van der Waals surface area (Å²) >= 11 is 3.31. The van der Waals surface area contributed by atoms with E-state index in [9.17, 15) is 13.6 Å². The zero-order valence-corrected chi connectivity index (χ0v) is 15.9. The number of piperidine rings is 1. The van der Waals surface area contributed by atoms with E-state index in [-0.39, 0.29) is 12.1 Å². The average molecular weight is 416 g/mol. The summed E-state index contributed by atoms with van der Waals surface area (Å²) in [6.45, 7) is 6.56. The highest BCUT2D eigenvalue weighted by Crippen LogP contribution is 2.32. The number of ether oxygens (including phenoxy) is 1. The molecule has 25 heavy (non-hydrogen) atoms. The van der Waals surface area contributed by atoms with Crippen LogP contribution in [0.4, 0.5) is 13.6 Å². The number of carbonyl (C=O) groups excluding carboxylic acids is 1. The molecule has 1 aliphatic rings. The lowest BCUT2D eigenvalue weighted by Gasteiger charge is -2.33. The molecule has 1 aromatic carbocycles. The maximum absolute atomic E-state index is 13.6. The zero-order chi connectivity index (χ0) is 18.4. The lowest BCUT2D eigenvalue weighted by atomic mass is 10.1. The molecule has 8 heteroatoms. The number of nitrogens with zero attached hydrogens (tertiary/aromatic N) is 3. The number of carbonyl (C=O) groups is 1. The van der Waals surface area contributed by atoms with Crippen LogP contribution < -0.4 is 0 Å². The number of benzene rings is 1. The van der Waals surface area contributed by atoms with Gasteiger partial charge in [0.2, 0.25) is 0 Å². The molecule has 2 heterocycles. The van der Waals surface area contributed by atoms with E-state index in [0.717, 1.165) is 6.07 Å². The molecule has 136 valence electrons. The Labute approximate surface area is 153 Å². The maximum atomic E-state index is 13.6. The van der Waals surface area contributed by atoms with Crippen molar-refractivity contribution in [2.45, 2.75) is 45.3 Å². The van der Waals surface area contributed by atoms with Crippen molar-refractivity contribution in [2.75, 3.05) is 13.1 Å². The number of amides is 1. The standard InChI is InChI=1S/C17H20BrF2N3O2/c1-17(2,3)25-16(24)22-6-4-10(5-7-22)23-14-9-13(20)12(19)8-11(14)15(18)21-23/h8-10H,4-7H2,1-3H3. The van der Waals surface area contributed by atoms with E-state index in [0.29, 0.717) is 41.4 Å². The highest BCUT2D eigenvalue weighted by molar-refractivity contribution is 9.10. The molecule has 1 saturated heterocycles. The summed E-state index contributed by atoms with van der Waals surface area (Å²) in [5.41, 5.74) is 0.0139. The Balaban J connectivity index is 1.76. The topological polar surface area (TPSA) is 47.4 Å². The molecule has 1 fully saturated rings. The highest BCUT2D eigenvalue weighted by Gasteiger charge is 2.29. The fourth-order valence-corrected chi connectivity index (χ4v) is 3.48. The molecule has 0 aliphatic carbocycles. The van der Waals surface area contributed by atoms with Gasteiger partial charge >= 0.3 is 6.09 Å². The molecule has 0 bridgehead atoms. The van der Waals surface area contributed by atoms with Gasteiger partial charge in [-0.3, -0.25) is 4.68 Å². The van der Waals surface area contributed by atoms with Crippen molar-refractivity contribution in [1.82, 2.24) is 14.7 Å². The minimum absolute atomic E-state index is 0.0114. The predicted octanol–water partition coefficient (Wildman–Crippen LogP) is 4.65. The summed E-state index contributed by atoms with van der Waals surface area (Å²) in [5, 5.41) is 4.93. The van der Waals surface area contributed by atoms with Crippen LogP contribution >= 0.6 is 15.9 Å². The molecule has 0 unspecified atom stereocenters. The van der Waals surface area contributed by atoms with Gasteiger partial charge in [0.15, 0.2) is 11.6 Å². The van der Waals surface area contributed by atoms with Crippen LogP contribution in [0.2, 0.25) is 0 Å². The smallest absolute Gasteiger partial charge is 0.410 e. The normalized spacial score (nSPS) is 16.5. The molecule has 0 saturated carbocycles. The van der Waals surface area contributed by atoms with Gasteiger partial charge < -0.3 is 9.64 Å². The molecule has 0 N–H and O–H groups in total. The van der Waals surface area contributed by atoms with Gasteiger partial charge in [-0.1, -0.05) is 0 Å². The second-order valence-corrected chi connectivity index (χ2v) is 7.97. The van der Waals surface area contributed by atoms with E-state index in [1.165, 1.54) is 6.07 Å². The van der Waals surface area contributed by atoms with Crippen LogP contribution in [0.25, 0.3) is 10.9 Å². The second kappa shape index (κ2) is 6.55. The Morgan fingerprint density at radius 2 is 1.84 bits per heavy atom. The van der Waals surface area contributed by atoms with Crippen molar-refractivity contribution in [1.29, 1.82) is 0 Å². The highest BCUT2D eigenvalue weighted by atomic mass is 79.9. The van der Waals surface area contributed by atoms with E-state index in [1.807, 2.05) is 20.8 Å². The van der Waals surface area contributed by atoms with Crippen LogP contribution in [0.5, 0.6) is 0 Å². The number of likely N-dealkylation sites (tertiary alicyclic amines) is 1. The Bertz CT molecular complexity index is 808. The van der Waals surface area contributed by atoms with Gasteiger partial charge in [-0.05, 0) is 55.6 Å². The summed E-state index contributed by atoms with van der Waals surface area (Å²) in [5.74, 6) is -1.79. The molecule has 0 spiro atoms. The number of hydrogen-bond donors (Lipinski definition) is 0. The third kappa shape index (κ3) is 3.78. The number of aromatic nitrogens is 2. The quantitative estimate of drug-likeness (QED) is 0.680. The number of hydrogen-bond acceptors (Lipinski definition) is 3. The summed E-state index contributed by atoms with van der Waals surface area (Å²) in [4.78, 5) is 13.8. The van der Waals surface area contributed by atoms with E-state index in [4.69, 9.17) is 4.74 Å². The minimum atomic E-state index is -0.896. The van der Waals surface area contributed by atoms with E-state index in [2.05, 4.69) is 21.0 Å². The van der Waals surface area contributed by atoms with Crippen molar-refractivity contribution in [3.05, 3.63) is 28.4 Å². The maximum Gasteiger partial charge on any atom is 0.410 e. The fraction of sp³-hybridized carbons (Fsp3) is 0.529. The van der Waals surface area contributed by atoms with Crippen LogP contribution in [-0.4, -0.2) is 39.5 Å². The Morgan fingerprint density at radius 1 is 1.24 bits per heavy atom. The third-order valence-electron chi connectivity index (χ3n) is 4.17. The molecule has 2 aromatic rings. The van der Waals surface area contributed by atoms with Crippen molar-refractivity contribution < 1.29 is 18.3 Å². The minimum Gasteiger partial charge on any atom is -0.444 e. The Morgan fingerprint density at radius 3 is 2.44 bits per heavy atom. The molecule has 0 atom stereocenters. The van der Waals surface area contributed by atoms with E-state index in [1.54, 1.807) is 9.58 Å². The van der Waals surface area contributed by atoms with Gasteiger partial charge in [-0.15, -0.1) is 0 Å². The molecule has 0 radical (unpaired) electrons. The third-order valence-corrected chi connectivity index (χ3v) is 4.75. The number of halogens is 3. The first kappa shape index (κ1) is 18.1. The first-order chi connectivity index (χ1) is 11.7. The van der Waals surface area contributed by atoms with Gasteiger partial charge in [0.25, 0.3) is 0 Å². The summed E-state index contributed by atoms with van der Waals surface area (Å²) < 4.78 is 34.7. The van der Waals surface area contributed by atoms with Gasteiger partial charge in [0.05, 0.1) is 11.6 Å². The summed E-state index contributed by atoms with van der Waals surface area (Å²) in [6, 6.07) is 2.33. The van der Waals surface area contributed by atoms with Crippen LogP contribution in [0.1, 0.15) is 39.7 Å². The molecular weight excluding hydrogens is 396 g/mol. The molecular formula is C17H20BrF2N3O2. The molecule has 5 nitrogen and oxygen atoms in total.